The monoisotopic (exact) mass is 224 g/mol. The summed E-state index contributed by atoms with van der Waals surface area (Å²) in [7, 11) is -0.221. The van der Waals surface area contributed by atoms with Crippen molar-refractivity contribution in [2.75, 3.05) is 13.2 Å². The summed E-state index contributed by atoms with van der Waals surface area (Å²) in [5.74, 6) is 2.08. The van der Waals surface area contributed by atoms with Gasteiger partial charge in [0.05, 0.1) is 17.8 Å². The van der Waals surface area contributed by atoms with Crippen molar-refractivity contribution in [3.05, 3.63) is 11.5 Å². The summed E-state index contributed by atoms with van der Waals surface area (Å²) < 4.78 is 17.2. The van der Waals surface area contributed by atoms with E-state index in [4.69, 9.17) is 14.0 Å². The molecule has 90 valence electrons. The molecule has 3 nitrogen and oxygen atoms in total. The third-order valence-electron chi connectivity index (χ3n) is 3.72. The topological polar surface area (TPSA) is 27.7 Å². The van der Waals surface area contributed by atoms with E-state index in [2.05, 4.69) is 33.7 Å². The molecule has 2 aliphatic heterocycles. The van der Waals surface area contributed by atoms with Gasteiger partial charge in [-0.3, -0.25) is 0 Å². The molecule has 2 rings (SSSR count). The Bertz CT molecular complexity index is 273. The average molecular weight is 224 g/mol. The van der Waals surface area contributed by atoms with E-state index in [1.807, 2.05) is 0 Å². The highest BCUT2D eigenvalue weighted by Gasteiger charge is 2.50. The number of ether oxygens (including phenoxy) is 1. The van der Waals surface area contributed by atoms with Gasteiger partial charge >= 0.3 is 7.12 Å². The van der Waals surface area contributed by atoms with Gasteiger partial charge in [-0.2, -0.15) is 0 Å². The van der Waals surface area contributed by atoms with Crippen molar-refractivity contribution in [3.63, 3.8) is 0 Å². The second-order valence-corrected chi connectivity index (χ2v) is 5.61. The lowest BCUT2D eigenvalue weighted by molar-refractivity contribution is 0.00578. The van der Waals surface area contributed by atoms with Crippen LogP contribution in [0.25, 0.3) is 0 Å². The molecule has 0 atom stereocenters. The first-order valence-electron chi connectivity index (χ1n) is 6.04. The quantitative estimate of drug-likeness (QED) is 0.640. The van der Waals surface area contributed by atoms with Crippen molar-refractivity contribution >= 4 is 7.12 Å². The van der Waals surface area contributed by atoms with Crippen molar-refractivity contribution in [2.24, 2.45) is 0 Å². The molecule has 0 radical (unpaired) electrons. The maximum Gasteiger partial charge on any atom is 0.487 e. The van der Waals surface area contributed by atoms with E-state index in [-0.39, 0.29) is 18.3 Å². The molecule has 16 heavy (non-hydrogen) atoms. The Morgan fingerprint density at radius 1 is 1.12 bits per heavy atom. The Hall–Kier alpha value is -0.315. The van der Waals surface area contributed by atoms with Crippen molar-refractivity contribution in [3.8, 4) is 0 Å². The van der Waals surface area contributed by atoms with Crippen molar-refractivity contribution in [1.82, 2.24) is 0 Å². The van der Waals surface area contributed by atoms with Gasteiger partial charge in [0.1, 0.15) is 0 Å². The Morgan fingerprint density at radius 2 is 1.75 bits per heavy atom. The minimum Gasteiger partial charge on any atom is -0.400 e. The van der Waals surface area contributed by atoms with E-state index < -0.39 is 0 Å². The van der Waals surface area contributed by atoms with Gasteiger partial charge in [0.15, 0.2) is 0 Å². The lowest BCUT2D eigenvalue weighted by atomic mass is 9.85. The smallest absolute Gasteiger partial charge is 0.400 e. The van der Waals surface area contributed by atoms with Gasteiger partial charge < -0.3 is 14.0 Å². The molecular formula is C12H21BO3. The van der Waals surface area contributed by atoms with Gasteiger partial charge in [-0.05, 0) is 40.5 Å². The molecule has 2 heterocycles. The molecule has 0 spiro atoms. The van der Waals surface area contributed by atoms with Crippen LogP contribution in [0.2, 0.25) is 0 Å². The molecule has 2 aliphatic rings. The van der Waals surface area contributed by atoms with Crippen molar-refractivity contribution < 1.29 is 14.0 Å². The molecular weight excluding hydrogens is 203 g/mol. The van der Waals surface area contributed by atoms with Crippen molar-refractivity contribution in [1.29, 1.82) is 0 Å². The van der Waals surface area contributed by atoms with E-state index in [1.165, 1.54) is 5.57 Å². The summed E-state index contributed by atoms with van der Waals surface area (Å²) in [6.45, 7) is 9.89. The molecule has 0 N–H and O–H groups in total. The van der Waals surface area contributed by atoms with E-state index in [9.17, 15) is 0 Å². The molecule has 0 saturated carbocycles. The highest BCUT2D eigenvalue weighted by atomic mass is 16.7. The molecule has 2 fully saturated rings. The molecule has 0 aliphatic carbocycles. The molecule has 4 heteroatoms. The second kappa shape index (κ2) is 4.17. The number of hydrogen-bond donors (Lipinski definition) is 0. The maximum absolute atomic E-state index is 5.91. The fraction of sp³-hybridized carbons (Fsp3) is 0.833. The van der Waals surface area contributed by atoms with Gasteiger partial charge in [0.2, 0.25) is 0 Å². The molecule has 2 saturated heterocycles. The zero-order valence-corrected chi connectivity index (χ0v) is 10.7. The van der Waals surface area contributed by atoms with Gasteiger partial charge in [0.25, 0.3) is 0 Å². The molecule has 0 bridgehead atoms. The molecule has 0 aromatic rings. The minimum atomic E-state index is -0.246. The lowest BCUT2D eigenvalue weighted by Crippen LogP contribution is -2.41. The van der Waals surface area contributed by atoms with Crippen LogP contribution in [0.3, 0.4) is 0 Å². The second-order valence-electron chi connectivity index (χ2n) is 5.61. The summed E-state index contributed by atoms with van der Waals surface area (Å²) in [5.41, 5.74) is 0.804. The summed E-state index contributed by atoms with van der Waals surface area (Å²) in [6, 6.07) is 0. The zero-order valence-electron chi connectivity index (χ0n) is 10.7. The van der Waals surface area contributed by atoms with Crippen LogP contribution in [0.5, 0.6) is 0 Å². The third-order valence-corrected chi connectivity index (χ3v) is 3.72. The Labute approximate surface area is 98.3 Å². The number of hydrogen-bond acceptors (Lipinski definition) is 3. The van der Waals surface area contributed by atoms with Crippen molar-refractivity contribution in [2.45, 2.75) is 51.7 Å². The largest absolute Gasteiger partial charge is 0.487 e. The molecule has 0 unspecified atom stereocenters. The van der Waals surface area contributed by atoms with Crippen LogP contribution in [0.4, 0.5) is 0 Å². The molecule has 0 aromatic carbocycles. The predicted molar refractivity (Wildman–Crippen MR) is 64.2 cm³/mol. The van der Waals surface area contributed by atoms with Crippen LogP contribution in [0.1, 0.15) is 40.5 Å². The lowest BCUT2D eigenvalue weighted by Gasteiger charge is -2.32. The fourth-order valence-corrected chi connectivity index (χ4v) is 1.96. The van der Waals surface area contributed by atoms with Gasteiger partial charge in [0, 0.05) is 6.61 Å². The van der Waals surface area contributed by atoms with E-state index in [1.54, 1.807) is 0 Å². The first kappa shape index (κ1) is 12.2. The minimum absolute atomic E-state index is 0.221. The van der Waals surface area contributed by atoms with Crippen LogP contribution in [-0.2, 0) is 14.0 Å². The maximum atomic E-state index is 5.91. The van der Waals surface area contributed by atoms with Gasteiger partial charge in [-0.25, -0.2) is 0 Å². The predicted octanol–water partition coefficient (Wildman–Crippen LogP) is 2.35. The highest BCUT2D eigenvalue weighted by molar-refractivity contribution is 6.51. The fourth-order valence-electron chi connectivity index (χ4n) is 1.96. The first-order valence-corrected chi connectivity index (χ1v) is 6.04. The average Bonchev–Trinajstić information content (AvgIpc) is 2.36. The summed E-state index contributed by atoms with van der Waals surface area (Å²) in [5, 5.41) is 0. The van der Waals surface area contributed by atoms with Crippen LogP contribution in [0.15, 0.2) is 11.5 Å². The van der Waals surface area contributed by atoms with E-state index >= 15 is 0 Å². The SMILES string of the molecule is CC1(C)OB(/C=C2\CCCOC2)OC1(C)C. The highest BCUT2D eigenvalue weighted by Crippen LogP contribution is 2.37. The van der Waals surface area contributed by atoms with Crippen LogP contribution in [0, 0.1) is 0 Å². The zero-order chi connectivity index (χ0) is 11.8. The summed E-state index contributed by atoms with van der Waals surface area (Å²) >= 11 is 0. The molecule has 0 aromatic heterocycles. The Kier molecular flexibility index (Phi) is 3.17. The molecule has 0 amide bonds. The Morgan fingerprint density at radius 3 is 2.25 bits per heavy atom. The van der Waals surface area contributed by atoms with Crippen LogP contribution >= 0.6 is 0 Å². The summed E-state index contributed by atoms with van der Waals surface area (Å²) in [4.78, 5) is 0. The first-order chi connectivity index (χ1) is 7.41. The van der Waals surface area contributed by atoms with Gasteiger partial charge in [-0.15, -0.1) is 0 Å². The standard InChI is InChI=1S/C12H21BO3/c1-11(2)12(3,4)16-13(15-11)8-10-6-5-7-14-9-10/h8H,5-7,9H2,1-4H3/b10-8+. The normalized spacial score (nSPS) is 31.0. The Balaban J connectivity index is 2.03. The summed E-state index contributed by atoms with van der Waals surface area (Å²) in [6.07, 6.45) is 2.20. The van der Waals surface area contributed by atoms with Gasteiger partial charge in [-0.1, -0.05) is 11.5 Å². The van der Waals surface area contributed by atoms with Crippen LogP contribution < -0.4 is 0 Å². The van der Waals surface area contributed by atoms with E-state index in [0.717, 1.165) is 26.1 Å². The number of rotatable bonds is 1. The van der Waals surface area contributed by atoms with E-state index in [0.29, 0.717) is 0 Å². The third kappa shape index (κ3) is 2.34. The van der Waals surface area contributed by atoms with Crippen LogP contribution in [-0.4, -0.2) is 31.5 Å².